The van der Waals surface area contributed by atoms with Gasteiger partial charge in [-0.25, -0.2) is 0 Å². The van der Waals surface area contributed by atoms with Gasteiger partial charge in [-0.05, 0) is 6.42 Å². The van der Waals surface area contributed by atoms with Crippen LogP contribution >= 0.6 is 0 Å². The highest BCUT2D eigenvalue weighted by atomic mass is 16.4. The molecular weight excluding hydrogens is 196 g/mol. The third-order valence-electron chi connectivity index (χ3n) is 2.40. The number of carbonyl (C=O) groups is 2. The van der Waals surface area contributed by atoms with E-state index in [2.05, 4.69) is 11.9 Å². The third-order valence-corrected chi connectivity index (χ3v) is 2.40. The lowest BCUT2D eigenvalue weighted by atomic mass is 10.1. The summed E-state index contributed by atoms with van der Waals surface area (Å²) in [6.07, 6.45) is 2.38. The normalized spacial score (nSPS) is 22.9. The molecule has 1 aliphatic heterocycles. The van der Waals surface area contributed by atoms with Gasteiger partial charge in [-0.3, -0.25) is 14.5 Å². The number of carbonyl (C=O) groups excluding carboxylic acids is 1. The van der Waals surface area contributed by atoms with Crippen LogP contribution in [-0.4, -0.2) is 47.6 Å². The molecule has 0 aromatic heterocycles. The zero-order valence-electron chi connectivity index (χ0n) is 8.61. The standard InChI is InChI=1S/C10H16N2O3/c1-2-5-12-6-3-4-11-10(15)8(12)7-9(13)14/h2,8H,1,3-7H2,(H,11,15)(H,13,14). The van der Waals surface area contributed by atoms with Crippen molar-refractivity contribution in [2.75, 3.05) is 19.6 Å². The van der Waals surface area contributed by atoms with Crippen LogP contribution < -0.4 is 5.32 Å². The second-order valence-corrected chi connectivity index (χ2v) is 3.54. The molecule has 0 aliphatic carbocycles. The average molecular weight is 212 g/mol. The maximum Gasteiger partial charge on any atom is 0.305 e. The van der Waals surface area contributed by atoms with E-state index in [0.717, 1.165) is 13.0 Å². The first-order valence-corrected chi connectivity index (χ1v) is 4.99. The zero-order valence-corrected chi connectivity index (χ0v) is 8.61. The van der Waals surface area contributed by atoms with Gasteiger partial charge >= 0.3 is 5.97 Å². The highest BCUT2D eigenvalue weighted by Gasteiger charge is 2.29. The summed E-state index contributed by atoms with van der Waals surface area (Å²) < 4.78 is 0. The van der Waals surface area contributed by atoms with Crippen molar-refractivity contribution in [3.05, 3.63) is 12.7 Å². The number of carboxylic acid groups (broad SMARTS) is 1. The third kappa shape index (κ3) is 3.36. The minimum Gasteiger partial charge on any atom is -0.481 e. The molecule has 1 aliphatic rings. The van der Waals surface area contributed by atoms with Gasteiger partial charge in [0.25, 0.3) is 0 Å². The number of amides is 1. The number of rotatable bonds is 4. The van der Waals surface area contributed by atoms with Gasteiger partial charge in [0.2, 0.25) is 5.91 Å². The lowest BCUT2D eigenvalue weighted by Gasteiger charge is -2.25. The SMILES string of the molecule is C=CCN1CCCNC(=O)C1CC(=O)O. The van der Waals surface area contributed by atoms with E-state index in [-0.39, 0.29) is 12.3 Å². The van der Waals surface area contributed by atoms with E-state index in [1.54, 1.807) is 6.08 Å². The Morgan fingerprint density at radius 3 is 3.07 bits per heavy atom. The first kappa shape index (κ1) is 11.7. The molecule has 0 bridgehead atoms. The van der Waals surface area contributed by atoms with Crippen molar-refractivity contribution >= 4 is 11.9 Å². The minimum atomic E-state index is -0.953. The van der Waals surface area contributed by atoms with E-state index >= 15 is 0 Å². The fraction of sp³-hybridized carbons (Fsp3) is 0.600. The predicted molar refractivity (Wildman–Crippen MR) is 55.4 cm³/mol. The second-order valence-electron chi connectivity index (χ2n) is 3.54. The summed E-state index contributed by atoms with van der Waals surface area (Å²) in [5, 5.41) is 11.4. The summed E-state index contributed by atoms with van der Waals surface area (Å²) in [4.78, 5) is 24.1. The Morgan fingerprint density at radius 2 is 2.47 bits per heavy atom. The van der Waals surface area contributed by atoms with Crippen LogP contribution in [0, 0.1) is 0 Å². The van der Waals surface area contributed by atoms with Crippen LogP contribution in [0.3, 0.4) is 0 Å². The quantitative estimate of drug-likeness (QED) is 0.635. The summed E-state index contributed by atoms with van der Waals surface area (Å²) in [5.41, 5.74) is 0. The van der Waals surface area contributed by atoms with Gasteiger partial charge in [0.05, 0.1) is 12.5 Å². The van der Waals surface area contributed by atoms with Crippen LogP contribution in [0.25, 0.3) is 0 Å². The van der Waals surface area contributed by atoms with Crippen molar-refractivity contribution in [1.82, 2.24) is 10.2 Å². The Kier molecular flexibility index (Phi) is 4.30. The lowest BCUT2D eigenvalue weighted by molar-refractivity contribution is -0.141. The molecule has 1 saturated heterocycles. The molecule has 5 nitrogen and oxygen atoms in total. The molecule has 2 N–H and O–H groups in total. The molecule has 1 heterocycles. The second kappa shape index (κ2) is 5.50. The van der Waals surface area contributed by atoms with E-state index in [1.807, 2.05) is 4.90 Å². The predicted octanol–water partition coefficient (Wildman–Crippen LogP) is -0.162. The van der Waals surface area contributed by atoms with E-state index in [4.69, 9.17) is 5.11 Å². The van der Waals surface area contributed by atoms with Crippen molar-refractivity contribution in [3.8, 4) is 0 Å². The topological polar surface area (TPSA) is 69.6 Å². The molecule has 1 atom stereocenters. The fourth-order valence-electron chi connectivity index (χ4n) is 1.70. The van der Waals surface area contributed by atoms with Gasteiger partial charge in [0.1, 0.15) is 0 Å². The molecule has 0 aromatic rings. The monoisotopic (exact) mass is 212 g/mol. The first-order valence-electron chi connectivity index (χ1n) is 4.99. The van der Waals surface area contributed by atoms with Crippen LogP contribution in [0.1, 0.15) is 12.8 Å². The van der Waals surface area contributed by atoms with Crippen LogP contribution in [0.2, 0.25) is 0 Å². The molecule has 5 heteroatoms. The van der Waals surface area contributed by atoms with Crippen LogP contribution in [0.4, 0.5) is 0 Å². The largest absolute Gasteiger partial charge is 0.481 e. The number of hydrogen-bond acceptors (Lipinski definition) is 3. The maximum absolute atomic E-state index is 11.6. The molecule has 1 amide bonds. The van der Waals surface area contributed by atoms with Crippen molar-refractivity contribution in [3.63, 3.8) is 0 Å². The highest BCUT2D eigenvalue weighted by molar-refractivity contribution is 5.86. The van der Waals surface area contributed by atoms with Gasteiger partial charge in [-0.2, -0.15) is 0 Å². The smallest absolute Gasteiger partial charge is 0.305 e. The number of nitrogens with zero attached hydrogens (tertiary/aromatic N) is 1. The Morgan fingerprint density at radius 1 is 1.73 bits per heavy atom. The molecule has 0 saturated carbocycles. The summed E-state index contributed by atoms with van der Waals surface area (Å²) >= 11 is 0. The van der Waals surface area contributed by atoms with Gasteiger partial charge < -0.3 is 10.4 Å². The van der Waals surface area contributed by atoms with Crippen LogP contribution in [-0.2, 0) is 9.59 Å². The number of hydrogen-bond donors (Lipinski definition) is 2. The molecule has 84 valence electrons. The summed E-state index contributed by atoms with van der Waals surface area (Å²) in [7, 11) is 0. The number of nitrogens with one attached hydrogen (secondary N) is 1. The van der Waals surface area contributed by atoms with Gasteiger partial charge in [0, 0.05) is 19.6 Å². The van der Waals surface area contributed by atoms with Crippen LogP contribution in [0.15, 0.2) is 12.7 Å². The van der Waals surface area contributed by atoms with Crippen molar-refractivity contribution in [2.45, 2.75) is 18.9 Å². The molecular formula is C10H16N2O3. The van der Waals surface area contributed by atoms with Gasteiger partial charge in [0.15, 0.2) is 0 Å². The minimum absolute atomic E-state index is 0.153. The highest BCUT2D eigenvalue weighted by Crippen LogP contribution is 2.09. The summed E-state index contributed by atoms with van der Waals surface area (Å²) in [6.45, 7) is 5.49. The Balaban J connectivity index is 2.73. The Labute approximate surface area is 88.8 Å². The first-order chi connectivity index (χ1) is 7.15. The van der Waals surface area contributed by atoms with E-state index in [9.17, 15) is 9.59 Å². The molecule has 1 fully saturated rings. The maximum atomic E-state index is 11.6. The molecule has 0 aromatic carbocycles. The Hall–Kier alpha value is -1.36. The van der Waals surface area contributed by atoms with Crippen molar-refractivity contribution in [2.24, 2.45) is 0 Å². The van der Waals surface area contributed by atoms with E-state index in [1.165, 1.54) is 0 Å². The molecule has 0 radical (unpaired) electrons. The number of carboxylic acids is 1. The number of aliphatic carboxylic acids is 1. The van der Waals surface area contributed by atoms with E-state index < -0.39 is 12.0 Å². The molecule has 0 spiro atoms. The molecule has 15 heavy (non-hydrogen) atoms. The van der Waals surface area contributed by atoms with Crippen LogP contribution in [0.5, 0.6) is 0 Å². The molecule has 1 unspecified atom stereocenters. The summed E-state index contributed by atoms with van der Waals surface area (Å²) in [5.74, 6) is -1.15. The van der Waals surface area contributed by atoms with Gasteiger partial charge in [-0.15, -0.1) is 6.58 Å². The summed E-state index contributed by atoms with van der Waals surface area (Å²) in [6, 6.07) is -0.567. The van der Waals surface area contributed by atoms with E-state index in [0.29, 0.717) is 13.1 Å². The lowest BCUT2D eigenvalue weighted by Crippen LogP contribution is -2.45. The molecule has 1 rings (SSSR count). The zero-order chi connectivity index (χ0) is 11.3. The van der Waals surface area contributed by atoms with Crippen molar-refractivity contribution in [1.29, 1.82) is 0 Å². The van der Waals surface area contributed by atoms with Gasteiger partial charge in [-0.1, -0.05) is 6.08 Å². The fourth-order valence-corrected chi connectivity index (χ4v) is 1.70. The van der Waals surface area contributed by atoms with Crippen molar-refractivity contribution < 1.29 is 14.7 Å². The Bertz CT molecular complexity index is 265. The average Bonchev–Trinajstić information content (AvgIpc) is 2.32.